The van der Waals surface area contributed by atoms with E-state index in [4.69, 9.17) is 9.47 Å². The molecule has 2 N–H and O–H groups in total. The highest BCUT2D eigenvalue weighted by molar-refractivity contribution is 5.55. The molecule has 1 unspecified atom stereocenters. The average Bonchev–Trinajstić information content (AvgIpc) is 2.43. The average molecular weight is 249 g/mol. The summed E-state index contributed by atoms with van der Waals surface area (Å²) in [6, 6.07) is 3.86. The maximum atomic E-state index is 10.2. The number of hydrogen-bond acceptors (Lipinski definition) is 4. The van der Waals surface area contributed by atoms with Crippen molar-refractivity contribution < 1.29 is 14.6 Å². The topological polar surface area (TPSA) is 50.7 Å². The summed E-state index contributed by atoms with van der Waals surface area (Å²) in [6.45, 7) is 3.21. The fraction of sp³-hybridized carbons (Fsp3) is 0.571. The molecule has 4 nitrogen and oxygen atoms in total. The SMILES string of the molecule is Oc1c(CC2CCCNC2)ccc2c1OCCO2. The predicted molar refractivity (Wildman–Crippen MR) is 68.4 cm³/mol. The number of nitrogens with one attached hydrogen (secondary N) is 1. The number of benzene rings is 1. The molecule has 0 aromatic heterocycles. The van der Waals surface area contributed by atoms with Gasteiger partial charge in [0.05, 0.1) is 0 Å². The third kappa shape index (κ3) is 2.25. The predicted octanol–water partition coefficient (Wildman–Crippen LogP) is 1.71. The number of phenols is 1. The van der Waals surface area contributed by atoms with Crippen molar-refractivity contribution in [1.29, 1.82) is 0 Å². The highest BCUT2D eigenvalue weighted by atomic mass is 16.6. The number of ether oxygens (including phenoxy) is 2. The molecule has 1 fully saturated rings. The largest absolute Gasteiger partial charge is 0.504 e. The van der Waals surface area contributed by atoms with Gasteiger partial charge in [-0.2, -0.15) is 0 Å². The van der Waals surface area contributed by atoms with Crippen molar-refractivity contribution in [3.63, 3.8) is 0 Å². The van der Waals surface area contributed by atoms with Gasteiger partial charge in [0.15, 0.2) is 11.5 Å². The molecular formula is C14H19NO3. The van der Waals surface area contributed by atoms with E-state index in [1.54, 1.807) is 0 Å². The van der Waals surface area contributed by atoms with Crippen LogP contribution in [0.5, 0.6) is 17.2 Å². The summed E-state index contributed by atoms with van der Waals surface area (Å²) in [7, 11) is 0. The van der Waals surface area contributed by atoms with Gasteiger partial charge in [-0.1, -0.05) is 6.07 Å². The monoisotopic (exact) mass is 249 g/mol. The lowest BCUT2D eigenvalue weighted by Crippen LogP contribution is -2.30. The quantitative estimate of drug-likeness (QED) is 0.837. The number of fused-ring (bicyclic) bond motifs is 1. The summed E-state index contributed by atoms with van der Waals surface area (Å²) in [5.41, 5.74) is 0.966. The van der Waals surface area contributed by atoms with Crippen LogP contribution < -0.4 is 14.8 Å². The first-order valence-electron chi connectivity index (χ1n) is 6.66. The summed E-state index contributed by atoms with van der Waals surface area (Å²) >= 11 is 0. The van der Waals surface area contributed by atoms with Crippen LogP contribution in [0.25, 0.3) is 0 Å². The first-order valence-corrected chi connectivity index (χ1v) is 6.66. The van der Waals surface area contributed by atoms with Crippen LogP contribution in [0.15, 0.2) is 12.1 Å². The normalized spacial score (nSPS) is 22.8. The zero-order valence-corrected chi connectivity index (χ0v) is 10.4. The van der Waals surface area contributed by atoms with Crippen molar-refractivity contribution in [3.8, 4) is 17.2 Å². The second kappa shape index (κ2) is 5.06. The number of aromatic hydroxyl groups is 1. The van der Waals surface area contributed by atoms with E-state index in [-0.39, 0.29) is 5.75 Å². The molecule has 0 aliphatic carbocycles. The lowest BCUT2D eigenvalue weighted by molar-refractivity contribution is 0.165. The zero-order valence-electron chi connectivity index (χ0n) is 10.4. The van der Waals surface area contributed by atoms with E-state index in [1.807, 2.05) is 12.1 Å². The summed E-state index contributed by atoms with van der Waals surface area (Å²) in [5.74, 6) is 2.04. The van der Waals surface area contributed by atoms with Crippen LogP contribution in [0.1, 0.15) is 18.4 Å². The van der Waals surface area contributed by atoms with E-state index in [0.29, 0.717) is 30.6 Å². The second-order valence-electron chi connectivity index (χ2n) is 5.01. The molecule has 0 amide bonds. The molecule has 1 saturated heterocycles. The van der Waals surface area contributed by atoms with Crippen LogP contribution in [0.4, 0.5) is 0 Å². The smallest absolute Gasteiger partial charge is 0.203 e. The van der Waals surface area contributed by atoms with Gasteiger partial charge in [0.2, 0.25) is 5.75 Å². The maximum absolute atomic E-state index is 10.2. The summed E-state index contributed by atoms with van der Waals surface area (Å²) in [4.78, 5) is 0. The zero-order chi connectivity index (χ0) is 12.4. The Morgan fingerprint density at radius 3 is 3.00 bits per heavy atom. The summed E-state index contributed by atoms with van der Waals surface area (Å²) in [6.07, 6.45) is 3.34. The Labute approximate surface area is 107 Å². The molecule has 3 rings (SSSR count). The highest BCUT2D eigenvalue weighted by Crippen LogP contribution is 2.41. The Morgan fingerprint density at radius 1 is 1.28 bits per heavy atom. The van der Waals surface area contributed by atoms with Gasteiger partial charge in [-0.05, 0) is 49.9 Å². The lowest BCUT2D eigenvalue weighted by Gasteiger charge is -2.25. The molecule has 1 atom stereocenters. The molecule has 2 aliphatic rings. The Bertz CT molecular complexity index is 427. The third-order valence-electron chi connectivity index (χ3n) is 3.67. The van der Waals surface area contributed by atoms with E-state index in [9.17, 15) is 5.11 Å². The second-order valence-corrected chi connectivity index (χ2v) is 5.01. The van der Waals surface area contributed by atoms with Gasteiger partial charge < -0.3 is 19.9 Å². The van der Waals surface area contributed by atoms with Crippen LogP contribution in [-0.2, 0) is 6.42 Å². The van der Waals surface area contributed by atoms with Gasteiger partial charge >= 0.3 is 0 Å². The number of phenolic OH excluding ortho intramolecular Hbond substituents is 1. The van der Waals surface area contributed by atoms with Crippen molar-refractivity contribution in [1.82, 2.24) is 5.32 Å². The molecule has 1 aromatic rings. The molecule has 0 bridgehead atoms. The van der Waals surface area contributed by atoms with Gasteiger partial charge in [-0.15, -0.1) is 0 Å². The van der Waals surface area contributed by atoms with Crippen LogP contribution in [-0.4, -0.2) is 31.4 Å². The molecule has 4 heteroatoms. The van der Waals surface area contributed by atoms with Crippen LogP contribution >= 0.6 is 0 Å². The standard InChI is InChI=1S/C14H19NO3/c16-13-11(8-10-2-1-5-15-9-10)3-4-12-14(13)18-7-6-17-12/h3-4,10,15-16H,1-2,5-9H2. The molecule has 18 heavy (non-hydrogen) atoms. The number of rotatable bonds is 2. The van der Waals surface area contributed by atoms with E-state index in [0.717, 1.165) is 25.1 Å². The van der Waals surface area contributed by atoms with Crippen molar-refractivity contribution in [3.05, 3.63) is 17.7 Å². The minimum absolute atomic E-state index is 0.262. The first-order chi connectivity index (χ1) is 8.84. The van der Waals surface area contributed by atoms with Gasteiger partial charge in [0.1, 0.15) is 13.2 Å². The Hall–Kier alpha value is -1.42. The van der Waals surface area contributed by atoms with E-state index >= 15 is 0 Å². The molecular weight excluding hydrogens is 230 g/mol. The van der Waals surface area contributed by atoms with Crippen LogP contribution in [0, 0.1) is 5.92 Å². The van der Waals surface area contributed by atoms with Gasteiger partial charge in [0.25, 0.3) is 0 Å². The van der Waals surface area contributed by atoms with E-state index in [2.05, 4.69) is 5.32 Å². The van der Waals surface area contributed by atoms with Crippen LogP contribution in [0.3, 0.4) is 0 Å². The molecule has 0 spiro atoms. The van der Waals surface area contributed by atoms with Crippen molar-refractivity contribution in [2.45, 2.75) is 19.3 Å². The summed E-state index contributed by atoms with van der Waals surface area (Å²) in [5, 5.41) is 13.6. The van der Waals surface area contributed by atoms with E-state index < -0.39 is 0 Å². The molecule has 0 saturated carbocycles. The molecule has 2 aliphatic heterocycles. The maximum Gasteiger partial charge on any atom is 0.203 e. The van der Waals surface area contributed by atoms with Crippen molar-refractivity contribution in [2.75, 3.05) is 26.3 Å². The van der Waals surface area contributed by atoms with Crippen molar-refractivity contribution >= 4 is 0 Å². The van der Waals surface area contributed by atoms with Crippen molar-refractivity contribution in [2.24, 2.45) is 5.92 Å². The third-order valence-corrected chi connectivity index (χ3v) is 3.67. The Kier molecular flexibility index (Phi) is 3.28. The molecule has 1 aromatic carbocycles. The minimum Gasteiger partial charge on any atom is -0.504 e. The minimum atomic E-state index is 0.262. The van der Waals surface area contributed by atoms with Crippen LogP contribution in [0.2, 0.25) is 0 Å². The molecule has 98 valence electrons. The number of piperidine rings is 1. The Morgan fingerprint density at radius 2 is 2.17 bits per heavy atom. The first kappa shape index (κ1) is 11.7. The van der Waals surface area contributed by atoms with Gasteiger partial charge in [-0.3, -0.25) is 0 Å². The Balaban J connectivity index is 1.79. The van der Waals surface area contributed by atoms with E-state index in [1.165, 1.54) is 12.8 Å². The lowest BCUT2D eigenvalue weighted by atomic mass is 9.92. The molecule has 2 heterocycles. The summed E-state index contributed by atoms with van der Waals surface area (Å²) < 4.78 is 10.9. The van der Waals surface area contributed by atoms with Gasteiger partial charge in [-0.25, -0.2) is 0 Å². The number of hydrogen-bond donors (Lipinski definition) is 2. The fourth-order valence-electron chi connectivity index (χ4n) is 2.72. The molecule has 0 radical (unpaired) electrons. The fourth-order valence-corrected chi connectivity index (χ4v) is 2.72. The van der Waals surface area contributed by atoms with Gasteiger partial charge in [0, 0.05) is 0 Å². The highest BCUT2D eigenvalue weighted by Gasteiger charge is 2.21.